The Morgan fingerprint density at radius 1 is 1.24 bits per heavy atom. The number of rotatable bonds is 8. The lowest BCUT2D eigenvalue weighted by Crippen LogP contribution is -2.80. The van der Waals surface area contributed by atoms with E-state index < -0.39 is 40.6 Å². The molecule has 1 aliphatic carbocycles. The molecule has 1 saturated carbocycles. The Bertz CT molecular complexity index is 1130. The van der Waals surface area contributed by atoms with Gasteiger partial charge >= 0.3 is 12.1 Å². The molecule has 1 unspecified atom stereocenters. The van der Waals surface area contributed by atoms with Crippen molar-refractivity contribution in [1.29, 1.82) is 0 Å². The Morgan fingerprint density at radius 3 is 2.71 bits per heavy atom. The Balaban J connectivity index is 1.68. The molecule has 3 heterocycles. The number of anilines is 1. The number of amides is 1. The normalized spacial score (nSPS) is 34.8. The maximum Gasteiger partial charge on any atom is 0.407 e. The van der Waals surface area contributed by atoms with Gasteiger partial charge in [0.15, 0.2) is 5.60 Å². The third-order valence-corrected chi connectivity index (χ3v) is 9.45. The minimum absolute atomic E-state index is 0.00454. The van der Waals surface area contributed by atoms with E-state index in [1.54, 1.807) is 7.11 Å². The lowest BCUT2D eigenvalue weighted by Gasteiger charge is -2.64. The maximum atomic E-state index is 12.9. The van der Waals surface area contributed by atoms with Crippen molar-refractivity contribution in [3.05, 3.63) is 35.9 Å². The summed E-state index contributed by atoms with van der Waals surface area (Å²) >= 11 is 0. The molecule has 5 rings (SSSR count). The Kier molecular flexibility index (Phi) is 6.88. The molecule has 0 aromatic heterocycles. The highest BCUT2D eigenvalue weighted by molar-refractivity contribution is 5.72. The van der Waals surface area contributed by atoms with Crippen LogP contribution in [0.1, 0.15) is 52.0 Å². The highest BCUT2D eigenvalue weighted by Crippen LogP contribution is 2.67. The molecule has 1 aromatic carbocycles. The van der Waals surface area contributed by atoms with Crippen molar-refractivity contribution in [1.82, 2.24) is 10.2 Å². The molecule has 2 fully saturated rings. The first-order chi connectivity index (χ1) is 18.2. The van der Waals surface area contributed by atoms with Crippen LogP contribution in [0.4, 0.5) is 10.5 Å². The van der Waals surface area contributed by atoms with Crippen molar-refractivity contribution >= 4 is 17.7 Å². The molecule has 9 heteroatoms. The van der Waals surface area contributed by atoms with E-state index >= 15 is 0 Å². The van der Waals surface area contributed by atoms with Gasteiger partial charge in [0.25, 0.3) is 0 Å². The van der Waals surface area contributed by atoms with Crippen LogP contribution < -0.4 is 15.0 Å². The minimum atomic E-state index is -1.68. The monoisotopic (exact) mass is 527 g/mol. The molecule has 1 amide bonds. The number of aliphatic hydroxyl groups is 1. The van der Waals surface area contributed by atoms with Crippen LogP contribution in [0.15, 0.2) is 30.4 Å². The van der Waals surface area contributed by atoms with E-state index in [9.17, 15) is 14.7 Å². The van der Waals surface area contributed by atoms with Crippen molar-refractivity contribution in [2.45, 2.75) is 75.7 Å². The Hall–Kier alpha value is -2.78. The number of likely N-dealkylation sites (N-methyl/N-ethyl adjacent to an activating group) is 1. The van der Waals surface area contributed by atoms with Crippen LogP contribution in [0, 0.1) is 5.41 Å². The van der Waals surface area contributed by atoms with Gasteiger partial charge in [-0.3, -0.25) is 9.69 Å². The van der Waals surface area contributed by atoms with Crippen LogP contribution in [-0.2, 0) is 19.7 Å². The van der Waals surface area contributed by atoms with E-state index in [2.05, 4.69) is 40.3 Å². The van der Waals surface area contributed by atoms with Gasteiger partial charge in [0.1, 0.15) is 18.5 Å². The molecule has 1 saturated heterocycles. The molecule has 3 aliphatic heterocycles. The van der Waals surface area contributed by atoms with Gasteiger partial charge in [-0.2, -0.15) is 0 Å². The number of ether oxygens (including phenoxy) is 3. The van der Waals surface area contributed by atoms with Crippen LogP contribution in [0.2, 0.25) is 0 Å². The average molecular weight is 528 g/mol. The standard InChI is InChI=1S/C29H41N3O6/c1-6-8-14-30-26(34)37-18-29(35)24-28(21-11-10-20(36-5)17-22(21)31(24)4)13-16-32-15-9-12-27(7-2,23(28)32)25(29)38-19(3)33/h9-12,17,23-25,35H,6-8,13-16,18H2,1-5H3,(H,30,34)/t23?,24-,25-,27-,28-,29+/m1/s1. The number of hydrogen-bond acceptors (Lipinski definition) is 8. The molecule has 4 aliphatic rings. The van der Waals surface area contributed by atoms with Gasteiger partial charge in [-0.1, -0.05) is 38.5 Å². The number of nitrogens with zero attached hydrogens (tertiary/aromatic N) is 2. The molecule has 38 heavy (non-hydrogen) atoms. The van der Waals surface area contributed by atoms with Crippen LogP contribution >= 0.6 is 0 Å². The molecule has 0 bridgehead atoms. The summed E-state index contributed by atoms with van der Waals surface area (Å²) < 4.78 is 17.4. The first-order valence-electron chi connectivity index (χ1n) is 13.8. The van der Waals surface area contributed by atoms with Crippen LogP contribution in [0.3, 0.4) is 0 Å². The predicted molar refractivity (Wildman–Crippen MR) is 143 cm³/mol. The van der Waals surface area contributed by atoms with E-state index in [1.807, 2.05) is 26.1 Å². The second-order valence-electron chi connectivity index (χ2n) is 11.3. The van der Waals surface area contributed by atoms with Gasteiger partial charge in [-0.25, -0.2) is 4.79 Å². The molecule has 6 atom stereocenters. The number of carbonyl (C=O) groups is 2. The van der Waals surface area contributed by atoms with Gasteiger partial charge in [0.2, 0.25) is 0 Å². The third-order valence-electron chi connectivity index (χ3n) is 9.45. The van der Waals surface area contributed by atoms with Crippen molar-refractivity contribution in [2.75, 3.05) is 45.3 Å². The molecular formula is C29H41N3O6. The first-order valence-corrected chi connectivity index (χ1v) is 13.8. The smallest absolute Gasteiger partial charge is 0.407 e. The highest BCUT2D eigenvalue weighted by Gasteiger charge is 2.78. The molecule has 9 nitrogen and oxygen atoms in total. The highest BCUT2D eigenvalue weighted by atomic mass is 16.6. The van der Waals surface area contributed by atoms with Crippen LogP contribution in [0.25, 0.3) is 0 Å². The fraction of sp³-hybridized carbons (Fsp3) is 0.655. The van der Waals surface area contributed by atoms with Crippen LogP contribution in [0.5, 0.6) is 5.75 Å². The fourth-order valence-electron chi connectivity index (χ4n) is 8.21. The summed E-state index contributed by atoms with van der Waals surface area (Å²) in [6.07, 6.45) is 6.04. The summed E-state index contributed by atoms with van der Waals surface area (Å²) in [5.74, 6) is 0.266. The van der Waals surface area contributed by atoms with Gasteiger partial charge in [0, 0.05) is 55.7 Å². The van der Waals surface area contributed by atoms with Crippen molar-refractivity contribution in [3.63, 3.8) is 0 Å². The third kappa shape index (κ3) is 3.65. The van der Waals surface area contributed by atoms with Gasteiger partial charge in [-0.15, -0.1) is 0 Å². The molecular weight excluding hydrogens is 486 g/mol. The topological polar surface area (TPSA) is 101 Å². The summed E-state index contributed by atoms with van der Waals surface area (Å²) in [4.78, 5) is 29.8. The summed E-state index contributed by atoms with van der Waals surface area (Å²) in [6, 6.07) is 5.61. The molecule has 208 valence electrons. The molecule has 2 N–H and O–H groups in total. The summed E-state index contributed by atoms with van der Waals surface area (Å²) in [6.45, 7) is 7.37. The fourth-order valence-corrected chi connectivity index (χ4v) is 8.21. The van der Waals surface area contributed by atoms with E-state index in [0.717, 1.165) is 49.4 Å². The van der Waals surface area contributed by atoms with E-state index in [4.69, 9.17) is 14.2 Å². The number of esters is 1. The summed E-state index contributed by atoms with van der Waals surface area (Å²) in [5, 5.41) is 15.7. The quantitative estimate of drug-likeness (QED) is 0.302. The summed E-state index contributed by atoms with van der Waals surface area (Å²) in [7, 11) is 3.61. The number of methoxy groups -OCH3 is 1. The van der Waals surface area contributed by atoms with E-state index in [-0.39, 0.29) is 12.6 Å². The second kappa shape index (κ2) is 9.75. The van der Waals surface area contributed by atoms with E-state index in [0.29, 0.717) is 13.0 Å². The molecule has 1 spiro atoms. The van der Waals surface area contributed by atoms with E-state index in [1.165, 1.54) is 6.92 Å². The zero-order valence-corrected chi connectivity index (χ0v) is 23.2. The maximum absolute atomic E-state index is 12.9. The van der Waals surface area contributed by atoms with Crippen molar-refractivity contribution in [3.8, 4) is 5.75 Å². The van der Waals surface area contributed by atoms with Crippen molar-refractivity contribution in [2.24, 2.45) is 5.41 Å². The zero-order chi connectivity index (χ0) is 27.3. The van der Waals surface area contributed by atoms with Crippen molar-refractivity contribution < 1.29 is 28.9 Å². The number of alkyl carbamates (subject to hydrolysis) is 1. The van der Waals surface area contributed by atoms with Crippen LogP contribution in [-0.4, -0.2) is 86.3 Å². The summed E-state index contributed by atoms with van der Waals surface area (Å²) in [5.41, 5.74) is -0.691. The zero-order valence-electron chi connectivity index (χ0n) is 23.2. The lowest BCUT2D eigenvalue weighted by atomic mass is 9.48. The average Bonchev–Trinajstić information content (AvgIpc) is 3.42. The first kappa shape index (κ1) is 26.8. The van der Waals surface area contributed by atoms with Gasteiger partial charge < -0.3 is 29.5 Å². The number of carbonyl (C=O) groups excluding carboxylic acids is 2. The Labute approximate surface area is 225 Å². The lowest BCUT2D eigenvalue weighted by molar-refractivity contribution is -0.228. The predicted octanol–water partition coefficient (Wildman–Crippen LogP) is 2.99. The van der Waals surface area contributed by atoms with Gasteiger partial charge in [0.05, 0.1) is 13.2 Å². The largest absolute Gasteiger partial charge is 0.497 e. The molecule has 1 aromatic rings. The Morgan fingerprint density at radius 2 is 2.03 bits per heavy atom. The number of hydrogen-bond donors (Lipinski definition) is 2. The number of unbranched alkanes of at least 4 members (excludes halogenated alkanes) is 1. The number of nitrogens with one attached hydrogen (secondary N) is 1. The second-order valence-corrected chi connectivity index (χ2v) is 11.3. The van der Waals surface area contributed by atoms with Gasteiger partial charge in [-0.05, 0) is 37.4 Å². The minimum Gasteiger partial charge on any atom is -0.497 e. The number of fused-ring (bicyclic) bond motifs is 1. The molecule has 0 radical (unpaired) electrons. The SMILES string of the molecule is CCCCNC(=O)OC[C@@]1(O)[C@H](OC(C)=O)[C@]2(CC)C=CCN3CC[C@@]4(c5ccc(OC)cc5N(C)[C@@H]14)C32. The number of benzene rings is 1.